The van der Waals surface area contributed by atoms with Crippen LogP contribution < -0.4 is 38.1 Å². The molecule has 0 radical (unpaired) electrons. The van der Waals surface area contributed by atoms with Gasteiger partial charge in [-0.2, -0.15) is 12.6 Å². The molecule has 236 valence electrons. The van der Waals surface area contributed by atoms with Gasteiger partial charge < -0.3 is 43.0 Å². The van der Waals surface area contributed by atoms with Gasteiger partial charge in [-0.05, 0) is 38.3 Å². The highest BCUT2D eigenvalue weighted by Crippen LogP contribution is 2.19. The molecule has 4 unspecified atom stereocenters. The molecule has 1 aromatic carbocycles. The minimum absolute atomic E-state index is 0.0488. The Kier molecular flexibility index (Phi) is 14.6. The molecule has 1 aromatic heterocycles. The summed E-state index contributed by atoms with van der Waals surface area (Å²) in [5.41, 5.74) is 13.3. The number of para-hydroxylation sites is 1. The number of hydrogen-bond donors (Lipinski definition) is 9. The molecule has 0 saturated heterocycles. The number of benzene rings is 1. The molecule has 5 amide bonds. The zero-order valence-corrected chi connectivity index (χ0v) is 25.6. The van der Waals surface area contributed by atoms with Gasteiger partial charge in [0.15, 0.2) is 0 Å². The predicted molar refractivity (Wildman–Crippen MR) is 169 cm³/mol. The van der Waals surface area contributed by atoms with Crippen LogP contribution in [0.1, 0.15) is 45.1 Å². The standard InChI is InChI=1S/C29H44N8O5S/c1-4-32-29(42)27(18(3)30)36-17(2)12-20(43)15-35-28(41)23(13-19-14-33-22-9-6-5-8-21(19)22)37-26(40)16-34-25(39)11-7-10-24(31)38/h5-6,8-9,14,18,20,23,27,33,36,43H,2,4,7,10-13,15-16,30H2,1,3H3,(H2,31,38)(H,32,42)(H,34,39)(H,35,41)(H,37,40). The topological polar surface area (TPSA) is 213 Å². The Morgan fingerprint density at radius 3 is 2.40 bits per heavy atom. The zero-order valence-electron chi connectivity index (χ0n) is 24.7. The van der Waals surface area contributed by atoms with Crippen molar-refractivity contribution in [2.45, 2.75) is 69.3 Å². The number of amides is 5. The van der Waals surface area contributed by atoms with Crippen molar-refractivity contribution in [3.63, 3.8) is 0 Å². The first kappa shape index (κ1) is 35.2. The highest BCUT2D eigenvalue weighted by Gasteiger charge is 2.25. The number of carbonyl (C=O) groups excluding carboxylic acids is 5. The van der Waals surface area contributed by atoms with Gasteiger partial charge in [-0.25, -0.2) is 0 Å². The van der Waals surface area contributed by atoms with E-state index in [1.54, 1.807) is 13.1 Å². The third kappa shape index (κ3) is 12.4. The van der Waals surface area contributed by atoms with Crippen LogP contribution in [0.25, 0.3) is 10.9 Å². The van der Waals surface area contributed by atoms with Crippen molar-refractivity contribution in [1.29, 1.82) is 0 Å². The molecular formula is C29H44N8O5S. The van der Waals surface area contributed by atoms with E-state index in [0.717, 1.165) is 16.5 Å². The van der Waals surface area contributed by atoms with E-state index in [-0.39, 0.29) is 49.9 Å². The van der Waals surface area contributed by atoms with Crippen LogP contribution >= 0.6 is 12.6 Å². The third-order valence-corrected chi connectivity index (χ3v) is 6.90. The van der Waals surface area contributed by atoms with Crippen molar-refractivity contribution in [2.24, 2.45) is 11.5 Å². The van der Waals surface area contributed by atoms with Gasteiger partial charge >= 0.3 is 0 Å². The van der Waals surface area contributed by atoms with Crippen LogP contribution in [0, 0.1) is 0 Å². The number of rotatable bonds is 19. The van der Waals surface area contributed by atoms with Crippen molar-refractivity contribution < 1.29 is 24.0 Å². The fourth-order valence-electron chi connectivity index (χ4n) is 4.36. The Labute approximate surface area is 257 Å². The maximum atomic E-state index is 13.3. The molecule has 4 atom stereocenters. The second-order valence-corrected chi connectivity index (χ2v) is 11.1. The molecule has 0 aliphatic rings. The Morgan fingerprint density at radius 1 is 1.00 bits per heavy atom. The molecule has 0 aliphatic carbocycles. The van der Waals surface area contributed by atoms with Gasteiger partial charge in [0, 0.05) is 66.4 Å². The van der Waals surface area contributed by atoms with Gasteiger partial charge in [-0.1, -0.05) is 24.8 Å². The van der Waals surface area contributed by atoms with Crippen molar-refractivity contribution in [3.05, 3.63) is 48.3 Å². The number of allylic oxidation sites excluding steroid dienone is 1. The van der Waals surface area contributed by atoms with Crippen LogP contribution in [0.5, 0.6) is 0 Å². The van der Waals surface area contributed by atoms with E-state index in [0.29, 0.717) is 18.7 Å². The van der Waals surface area contributed by atoms with E-state index < -0.39 is 41.8 Å². The summed E-state index contributed by atoms with van der Waals surface area (Å²) in [5.74, 6) is -2.12. The first-order valence-corrected chi connectivity index (χ1v) is 14.8. The summed E-state index contributed by atoms with van der Waals surface area (Å²) in [6, 6.07) is 5.54. The second-order valence-electron chi connectivity index (χ2n) is 10.4. The number of hydrogen-bond acceptors (Lipinski definition) is 8. The number of likely N-dealkylation sites (N-methyl/N-ethyl adjacent to an activating group) is 1. The first-order chi connectivity index (χ1) is 20.4. The number of H-pyrrole nitrogens is 1. The average molecular weight is 617 g/mol. The number of aromatic nitrogens is 1. The summed E-state index contributed by atoms with van der Waals surface area (Å²) in [6.45, 7) is 7.80. The fraction of sp³-hybridized carbons (Fsp3) is 0.483. The SMILES string of the molecule is C=C(CC(S)CNC(=O)C(Cc1c[nH]c2ccccc12)NC(=O)CNC(=O)CCCC(N)=O)NC(C(=O)NCC)C(C)N. The molecule has 43 heavy (non-hydrogen) atoms. The normalized spacial score (nSPS) is 13.7. The summed E-state index contributed by atoms with van der Waals surface area (Å²) in [6.07, 6.45) is 2.73. The van der Waals surface area contributed by atoms with Gasteiger partial charge in [0.2, 0.25) is 29.5 Å². The van der Waals surface area contributed by atoms with Gasteiger partial charge in [-0.15, -0.1) is 0 Å². The highest BCUT2D eigenvalue weighted by atomic mass is 32.1. The smallest absolute Gasteiger partial charge is 0.244 e. The molecule has 10 N–H and O–H groups in total. The lowest BCUT2D eigenvalue weighted by Crippen LogP contribution is -2.53. The van der Waals surface area contributed by atoms with Gasteiger partial charge in [0.05, 0.1) is 6.54 Å². The minimum Gasteiger partial charge on any atom is -0.376 e. The Morgan fingerprint density at radius 2 is 1.72 bits per heavy atom. The maximum absolute atomic E-state index is 13.3. The molecule has 0 aliphatic heterocycles. The molecule has 2 rings (SSSR count). The molecule has 0 bridgehead atoms. The summed E-state index contributed by atoms with van der Waals surface area (Å²) in [5, 5.41) is 14.4. The number of thiol groups is 1. The van der Waals surface area contributed by atoms with E-state index in [1.807, 2.05) is 31.2 Å². The van der Waals surface area contributed by atoms with Crippen LogP contribution in [0.2, 0.25) is 0 Å². The van der Waals surface area contributed by atoms with Gasteiger partial charge in [0.1, 0.15) is 12.1 Å². The minimum atomic E-state index is -0.944. The van der Waals surface area contributed by atoms with Crippen LogP contribution in [0.4, 0.5) is 0 Å². The van der Waals surface area contributed by atoms with E-state index in [9.17, 15) is 24.0 Å². The lowest BCUT2D eigenvalue weighted by molar-refractivity contribution is -0.129. The zero-order chi connectivity index (χ0) is 31.9. The largest absolute Gasteiger partial charge is 0.376 e. The molecule has 0 spiro atoms. The quantitative estimate of drug-likeness (QED) is 0.0963. The lowest BCUT2D eigenvalue weighted by atomic mass is 10.0. The van der Waals surface area contributed by atoms with E-state index >= 15 is 0 Å². The number of carbonyl (C=O) groups is 5. The number of nitrogens with one attached hydrogen (secondary N) is 6. The van der Waals surface area contributed by atoms with E-state index in [4.69, 9.17) is 11.5 Å². The fourth-order valence-corrected chi connectivity index (χ4v) is 4.67. The third-order valence-electron chi connectivity index (χ3n) is 6.54. The Hall–Kier alpha value is -4.04. The molecule has 0 fully saturated rings. The van der Waals surface area contributed by atoms with Crippen molar-refractivity contribution in [1.82, 2.24) is 31.6 Å². The van der Waals surface area contributed by atoms with Crippen LogP contribution in [-0.4, -0.2) is 77.5 Å². The maximum Gasteiger partial charge on any atom is 0.244 e. The number of fused-ring (bicyclic) bond motifs is 1. The molecule has 13 nitrogen and oxygen atoms in total. The van der Waals surface area contributed by atoms with Gasteiger partial charge in [-0.3, -0.25) is 24.0 Å². The molecule has 1 heterocycles. The molecule has 2 aromatic rings. The number of aromatic amines is 1. The second kappa shape index (κ2) is 17.8. The van der Waals surface area contributed by atoms with E-state index in [2.05, 4.69) is 50.8 Å². The number of primary amides is 1. The highest BCUT2D eigenvalue weighted by molar-refractivity contribution is 7.81. The summed E-state index contributed by atoms with van der Waals surface area (Å²) in [7, 11) is 0. The van der Waals surface area contributed by atoms with Crippen molar-refractivity contribution in [3.8, 4) is 0 Å². The van der Waals surface area contributed by atoms with Crippen molar-refractivity contribution >= 4 is 53.1 Å². The van der Waals surface area contributed by atoms with Crippen LogP contribution in [0.3, 0.4) is 0 Å². The first-order valence-electron chi connectivity index (χ1n) is 14.2. The lowest BCUT2D eigenvalue weighted by Gasteiger charge is -2.25. The molecule has 0 saturated carbocycles. The summed E-state index contributed by atoms with van der Waals surface area (Å²) < 4.78 is 0. The summed E-state index contributed by atoms with van der Waals surface area (Å²) in [4.78, 5) is 64.3. The Balaban J connectivity index is 2.00. The number of nitrogens with two attached hydrogens (primary N) is 2. The molecular weight excluding hydrogens is 572 g/mol. The van der Waals surface area contributed by atoms with Crippen molar-refractivity contribution in [2.75, 3.05) is 19.6 Å². The van der Waals surface area contributed by atoms with Gasteiger partial charge in [0.25, 0.3) is 0 Å². The average Bonchev–Trinajstić information content (AvgIpc) is 3.35. The predicted octanol–water partition coefficient (Wildman–Crippen LogP) is -0.273. The Bertz CT molecular complexity index is 1280. The monoisotopic (exact) mass is 616 g/mol. The molecule has 14 heteroatoms. The van der Waals surface area contributed by atoms with E-state index in [1.165, 1.54) is 0 Å². The summed E-state index contributed by atoms with van der Waals surface area (Å²) >= 11 is 4.57. The van der Waals surface area contributed by atoms with Crippen LogP contribution in [-0.2, 0) is 30.4 Å². The van der Waals surface area contributed by atoms with Crippen LogP contribution in [0.15, 0.2) is 42.7 Å².